The summed E-state index contributed by atoms with van der Waals surface area (Å²) in [7, 11) is 0. The van der Waals surface area contributed by atoms with Gasteiger partial charge in [0.15, 0.2) is 5.69 Å². The molecule has 0 saturated carbocycles. The molecule has 1 aromatic heterocycles. The van der Waals surface area contributed by atoms with E-state index in [4.69, 9.17) is 16.9 Å². The molecule has 1 amide bonds. The van der Waals surface area contributed by atoms with Crippen molar-refractivity contribution in [3.8, 4) is 6.07 Å². The Balaban J connectivity index is 2.26. The zero-order valence-corrected chi connectivity index (χ0v) is 11.0. The number of amides is 1. The normalized spacial score (nSPS) is 9.95. The van der Waals surface area contributed by atoms with Crippen LogP contribution in [-0.2, 0) is 6.54 Å². The fraction of sp³-hybridized carbons (Fsp3) is 0.154. The molecule has 0 radical (unpaired) electrons. The summed E-state index contributed by atoms with van der Waals surface area (Å²) in [4.78, 5) is 12.1. The molecular weight excluding hydrogens is 264 g/mol. The van der Waals surface area contributed by atoms with Crippen LogP contribution in [0.2, 0.25) is 5.02 Å². The monoisotopic (exact) mass is 274 g/mol. The predicted octanol–water partition coefficient (Wildman–Crippen LogP) is 2.68. The number of rotatable bonds is 3. The number of anilines is 1. The van der Waals surface area contributed by atoms with Gasteiger partial charge in [0.1, 0.15) is 6.07 Å². The Bertz CT molecular complexity index is 657. The molecule has 0 atom stereocenters. The molecule has 0 saturated heterocycles. The smallest absolute Gasteiger partial charge is 0.277 e. The van der Waals surface area contributed by atoms with Gasteiger partial charge in [-0.1, -0.05) is 23.7 Å². The molecule has 0 unspecified atom stereocenters. The van der Waals surface area contributed by atoms with Crippen LogP contribution in [0.1, 0.15) is 23.0 Å². The van der Waals surface area contributed by atoms with Crippen LogP contribution < -0.4 is 5.32 Å². The summed E-state index contributed by atoms with van der Waals surface area (Å²) in [5, 5.41) is 15.9. The minimum Gasteiger partial charge on any atom is -0.319 e. The minimum absolute atomic E-state index is 0.149. The van der Waals surface area contributed by atoms with Gasteiger partial charge in [0.2, 0.25) is 0 Å². The average Bonchev–Trinajstić information content (AvgIpc) is 2.80. The number of para-hydroxylation sites is 1. The van der Waals surface area contributed by atoms with Crippen LogP contribution in [0.5, 0.6) is 0 Å². The molecule has 1 aromatic carbocycles. The molecule has 96 valence electrons. The number of nitriles is 1. The molecule has 0 fully saturated rings. The number of nitrogens with one attached hydrogen (secondary N) is 1. The lowest BCUT2D eigenvalue weighted by Crippen LogP contribution is -2.14. The molecule has 5 nitrogen and oxygen atoms in total. The first-order valence-electron chi connectivity index (χ1n) is 5.69. The lowest BCUT2D eigenvalue weighted by molar-refractivity contribution is 0.102. The highest BCUT2D eigenvalue weighted by molar-refractivity contribution is 6.34. The lowest BCUT2D eigenvalue weighted by atomic mass is 10.2. The Hall–Kier alpha value is -2.32. The number of hydrogen-bond donors (Lipinski definition) is 1. The van der Waals surface area contributed by atoms with Gasteiger partial charge in [-0.15, -0.1) is 0 Å². The topological polar surface area (TPSA) is 70.7 Å². The number of carbonyl (C=O) groups excluding carboxylic acids is 1. The van der Waals surface area contributed by atoms with Crippen LogP contribution in [0.15, 0.2) is 30.5 Å². The van der Waals surface area contributed by atoms with E-state index < -0.39 is 5.91 Å². The average molecular weight is 275 g/mol. The van der Waals surface area contributed by atoms with E-state index in [1.807, 2.05) is 13.0 Å². The molecule has 0 aliphatic carbocycles. The summed E-state index contributed by atoms with van der Waals surface area (Å²) >= 11 is 5.95. The van der Waals surface area contributed by atoms with Crippen molar-refractivity contribution in [2.45, 2.75) is 13.5 Å². The highest BCUT2D eigenvalue weighted by atomic mass is 35.5. The highest BCUT2D eigenvalue weighted by Crippen LogP contribution is 2.18. The second-order valence-electron chi connectivity index (χ2n) is 3.79. The number of carbonyl (C=O) groups is 1. The second-order valence-corrected chi connectivity index (χ2v) is 4.20. The van der Waals surface area contributed by atoms with Crippen molar-refractivity contribution in [3.63, 3.8) is 0 Å². The van der Waals surface area contributed by atoms with E-state index in [9.17, 15) is 4.79 Å². The van der Waals surface area contributed by atoms with Crippen LogP contribution in [0.3, 0.4) is 0 Å². The van der Waals surface area contributed by atoms with Crippen molar-refractivity contribution in [1.82, 2.24) is 9.78 Å². The molecule has 0 bridgehead atoms. The molecule has 19 heavy (non-hydrogen) atoms. The third-order valence-electron chi connectivity index (χ3n) is 2.55. The number of nitrogens with zero attached hydrogens (tertiary/aromatic N) is 3. The number of benzene rings is 1. The summed E-state index contributed by atoms with van der Waals surface area (Å²) in [6, 6.07) is 8.76. The molecule has 0 aliphatic heterocycles. The maximum absolute atomic E-state index is 12.1. The van der Waals surface area contributed by atoms with E-state index >= 15 is 0 Å². The Morgan fingerprint density at radius 2 is 2.26 bits per heavy atom. The SMILES string of the molecule is CCn1cc(Cl)c(C(=O)Nc2ccccc2C#N)n1. The van der Waals surface area contributed by atoms with Crippen LogP contribution >= 0.6 is 11.6 Å². The minimum atomic E-state index is -0.431. The molecule has 1 N–H and O–H groups in total. The summed E-state index contributed by atoms with van der Waals surface area (Å²) in [5.74, 6) is -0.431. The molecule has 2 rings (SSSR count). The second kappa shape index (κ2) is 5.55. The quantitative estimate of drug-likeness (QED) is 0.935. The lowest BCUT2D eigenvalue weighted by Gasteiger charge is -2.05. The fourth-order valence-electron chi connectivity index (χ4n) is 1.58. The number of aryl methyl sites for hydroxylation is 1. The first kappa shape index (κ1) is 13.1. The molecule has 0 spiro atoms. The van der Waals surface area contributed by atoms with Gasteiger partial charge in [-0.25, -0.2) is 0 Å². The molecule has 6 heteroatoms. The maximum atomic E-state index is 12.1. The van der Waals surface area contributed by atoms with Crippen LogP contribution in [-0.4, -0.2) is 15.7 Å². The van der Waals surface area contributed by atoms with Crippen molar-refractivity contribution in [1.29, 1.82) is 5.26 Å². The number of hydrogen-bond acceptors (Lipinski definition) is 3. The Labute approximate surface area is 115 Å². The van der Waals surface area contributed by atoms with Crippen molar-refractivity contribution in [2.24, 2.45) is 0 Å². The van der Waals surface area contributed by atoms with Gasteiger partial charge < -0.3 is 5.32 Å². The molecule has 0 aliphatic rings. The van der Waals surface area contributed by atoms with Crippen molar-refractivity contribution < 1.29 is 4.79 Å². The molecule has 1 heterocycles. The van der Waals surface area contributed by atoms with Crippen molar-refractivity contribution in [2.75, 3.05) is 5.32 Å². The first-order chi connectivity index (χ1) is 9.15. The Kier molecular flexibility index (Phi) is 3.83. The van der Waals surface area contributed by atoms with E-state index in [-0.39, 0.29) is 10.7 Å². The van der Waals surface area contributed by atoms with E-state index in [1.54, 1.807) is 35.1 Å². The third-order valence-corrected chi connectivity index (χ3v) is 2.83. The summed E-state index contributed by atoms with van der Waals surface area (Å²) in [6.07, 6.45) is 1.59. The maximum Gasteiger partial charge on any atom is 0.277 e. The van der Waals surface area contributed by atoms with E-state index in [0.717, 1.165) is 0 Å². The molecule has 2 aromatic rings. The summed E-state index contributed by atoms with van der Waals surface area (Å²) < 4.78 is 1.58. The van der Waals surface area contributed by atoms with Crippen LogP contribution in [0, 0.1) is 11.3 Å². The van der Waals surface area contributed by atoms with Gasteiger partial charge in [-0.05, 0) is 19.1 Å². The van der Waals surface area contributed by atoms with Crippen LogP contribution in [0.25, 0.3) is 0 Å². The van der Waals surface area contributed by atoms with Gasteiger partial charge in [-0.3, -0.25) is 9.48 Å². The van der Waals surface area contributed by atoms with E-state index in [2.05, 4.69) is 10.4 Å². The summed E-state index contributed by atoms with van der Waals surface area (Å²) in [5.41, 5.74) is 0.982. The van der Waals surface area contributed by atoms with Gasteiger partial charge in [0.25, 0.3) is 5.91 Å². The van der Waals surface area contributed by atoms with Crippen molar-refractivity contribution >= 4 is 23.2 Å². The summed E-state index contributed by atoms with van der Waals surface area (Å²) in [6.45, 7) is 2.53. The first-order valence-corrected chi connectivity index (χ1v) is 6.07. The highest BCUT2D eigenvalue weighted by Gasteiger charge is 2.16. The Morgan fingerprint density at radius 1 is 1.53 bits per heavy atom. The van der Waals surface area contributed by atoms with E-state index in [0.29, 0.717) is 17.8 Å². The van der Waals surface area contributed by atoms with Gasteiger partial charge in [0, 0.05) is 12.7 Å². The van der Waals surface area contributed by atoms with Gasteiger partial charge in [-0.2, -0.15) is 10.4 Å². The Morgan fingerprint density at radius 3 is 2.89 bits per heavy atom. The van der Waals surface area contributed by atoms with Gasteiger partial charge in [0.05, 0.1) is 16.3 Å². The standard InChI is InChI=1S/C13H11ClN4O/c1-2-18-8-10(14)12(17-18)13(19)16-11-6-4-3-5-9(11)7-15/h3-6,8H,2H2,1H3,(H,16,19). The third kappa shape index (κ3) is 2.75. The predicted molar refractivity (Wildman–Crippen MR) is 72.0 cm³/mol. The van der Waals surface area contributed by atoms with Crippen molar-refractivity contribution in [3.05, 3.63) is 46.7 Å². The largest absolute Gasteiger partial charge is 0.319 e. The van der Waals surface area contributed by atoms with Crippen LogP contribution in [0.4, 0.5) is 5.69 Å². The number of aromatic nitrogens is 2. The zero-order valence-electron chi connectivity index (χ0n) is 10.2. The zero-order chi connectivity index (χ0) is 13.8. The molecular formula is C13H11ClN4O. The number of halogens is 1. The van der Waals surface area contributed by atoms with E-state index in [1.165, 1.54) is 0 Å². The van der Waals surface area contributed by atoms with Gasteiger partial charge >= 0.3 is 0 Å². The fourth-order valence-corrected chi connectivity index (χ4v) is 1.82.